The number of halogens is 3. The number of carboxylic acid groups (broad SMARTS) is 1. The first-order valence-corrected chi connectivity index (χ1v) is 11.3. The van der Waals surface area contributed by atoms with Crippen LogP contribution in [0.1, 0.15) is 33.7 Å². The number of benzene rings is 1. The van der Waals surface area contributed by atoms with Crippen molar-refractivity contribution in [3.05, 3.63) is 65.0 Å². The molecule has 1 spiro atoms. The minimum atomic E-state index is -5.08. The molecule has 1 N–H and O–H groups in total. The molecule has 2 aliphatic heterocycles. The summed E-state index contributed by atoms with van der Waals surface area (Å²) in [6.07, 6.45) is -3.82. The number of pyridine rings is 1. The van der Waals surface area contributed by atoms with Gasteiger partial charge in [0.2, 0.25) is 0 Å². The Balaban J connectivity index is 0.000000383. The number of hydrogen-bond donors (Lipinski definition) is 1. The summed E-state index contributed by atoms with van der Waals surface area (Å²) in [7, 11) is 0. The summed E-state index contributed by atoms with van der Waals surface area (Å²) in [5.41, 5.74) is 3.97. The van der Waals surface area contributed by atoms with Gasteiger partial charge >= 0.3 is 12.1 Å². The molecular formula is C23H25F3N2O4S. The third kappa shape index (κ3) is 6.70. The molecule has 33 heavy (non-hydrogen) atoms. The number of carbonyl (C=O) groups is 2. The Hall–Kier alpha value is -2.59. The lowest BCUT2D eigenvalue weighted by molar-refractivity contribution is -0.192. The normalized spacial score (nSPS) is 18.9. The van der Waals surface area contributed by atoms with Crippen LogP contribution < -0.4 is 0 Å². The summed E-state index contributed by atoms with van der Waals surface area (Å²) in [5.74, 6) is -1.62. The van der Waals surface area contributed by atoms with E-state index < -0.39 is 12.1 Å². The number of amides is 1. The van der Waals surface area contributed by atoms with E-state index in [9.17, 15) is 18.0 Å². The topological polar surface area (TPSA) is 79.7 Å². The van der Waals surface area contributed by atoms with Crippen LogP contribution in [0.25, 0.3) is 0 Å². The Kier molecular flexibility index (Phi) is 7.69. The molecule has 0 aliphatic carbocycles. The average molecular weight is 483 g/mol. The van der Waals surface area contributed by atoms with Crippen LogP contribution in [0.15, 0.2) is 42.5 Å². The summed E-state index contributed by atoms with van der Waals surface area (Å²) in [6.45, 7) is 6.25. The zero-order chi connectivity index (χ0) is 24.2. The minimum absolute atomic E-state index is 0.143. The fourth-order valence-electron chi connectivity index (χ4n) is 3.68. The van der Waals surface area contributed by atoms with Gasteiger partial charge in [0.25, 0.3) is 5.91 Å². The van der Waals surface area contributed by atoms with Crippen molar-refractivity contribution < 1.29 is 32.6 Å². The molecule has 178 valence electrons. The van der Waals surface area contributed by atoms with Crippen LogP contribution in [0.2, 0.25) is 0 Å². The SMILES string of the molecule is Cc1ccc(C(=O)N2CC3(CC(OCc4cccc(C)n4)CS3)C2)cc1.O=C(O)C(F)(F)F. The Morgan fingerprint density at radius 3 is 2.39 bits per heavy atom. The van der Waals surface area contributed by atoms with E-state index >= 15 is 0 Å². The monoisotopic (exact) mass is 482 g/mol. The molecule has 10 heteroatoms. The van der Waals surface area contributed by atoms with Crippen molar-refractivity contribution in [3.63, 3.8) is 0 Å². The molecule has 2 aliphatic rings. The highest BCUT2D eigenvalue weighted by Gasteiger charge is 2.51. The highest BCUT2D eigenvalue weighted by atomic mass is 32.2. The number of hydrogen-bond acceptors (Lipinski definition) is 5. The van der Waals surface area contributed by atoms with Crippen molar-refractivity contribution in [1.82, 2.24) is 9.88 Å². The lowest BCUT2D eigenvalue weighted by Crippen LogP contribution is -2.60. The Labute approximate surface area is 194 Å². The molecule has 0 saturated carbocycles. The van der Waals surface area contributed by atoms with Gasteiger partial charge in [-0.05, 0) is 44.5 Å². The van der Waals surface area contributed by atoms with Gasteiger partial charge in [-0.15, -0.1) is 11.8 Å². The smallest absolute Gasteiger partial charge is 0.475 e. The van der Waals surface area contributed by atoms with Gasteiger partial charge in [0.1, 0.15) is 0 Å². The lowest BCUT2D eigenvalue weighted by Gasteiger charge is -2.47. The van der Waals surface area contributed by atoms with Gasteiger partial charge in [-0.25, -0.2) is 4.79 Å². The number of nitrogens with zero attached hydrogens (tertiary/aromatic N) is 2. The summed E-state index contributed by atoms with van der Waals surface area (Å²) >= 11 is 1.96. The van der Waals surface area contributed by atoms with E-state index in [4.69, 9.17) is 14.6 Å². The lowest BCUT2D eigenvalue weighted by atomic mass is 9.92. The van der Waals surface area contributed by atoms with Crippen molar-refractivity contribution in [2.45, 2.75) is 43.9 Å². The molecule has 1 amide bonds. The molecule has 2 saturated heterocycles. The van der Waals surface area contributed by atoms with Crippen LogP contribution in [0.4, 0.5) is 13.2 Å². The number of aromatic nitrogens is 1. The zero-order valence-electron chi connectivity index (χ0n) is 18.3. The van der Waals surface area contributed by atoms with Gasteiger partial charge in [-0.2, -0.15) is 13.2 Å². The van der Waals surface area contributed by atoms with Crippen molar-refractivity contribution in [2.24, 2.45) is 0 Å². The van der Waals surface area contributed by atoms with Crippen LogP contribution in [-0.2, 0) is 16.1 Å². The molecule has 4 rings (SSSR count). The van der Waals surface area contributed by atoms with E-state index in [0.717, 1.165) is 42.2 Å². The summed E-state index contributed by atoms with van der Waals surface area (Å²) in [4.78, 5) is 27.9. The van der Waals surface area contributed by atoms with Gasteiger partial charge in [-0.3, -0.25) is 9.78 Å². The Morgan fingerprint density at radius 2 is 1.82 bits per heavy atom. The third-order valence-electron chi connectivity index (χ3n) is 5.37. The fourth-order valence-corrected chi connectivity index (χ4v) is 5.24. The predicted octanol–water partition coefficient (Wildman–Crippen LogP) is 4.25. The Bertz CT molecular complexity index is 992. The molecule has 1 aromatic heterocycles. The second-order valence-corrected chi connectivity index (χ2v) is 9.72. The summed E-state index contributed by atoms with van der Waals surface area (Å²) in [5, 5.41) is 7.12. The molecule has 2 aromatic rings. The van der Waals surface area contributed by atoms with Crippen molar-refractivity contribution in [1.29, 1.82) is 0 Å². The first-order chi connectivity index (χ1) is 15.5. The number of thioether (sulfide) groups is 1. The van der Waals surface area contributed by atoms with Crippen LogP contribution in [0.3, 0.4) is 0 Å². The van der Waals surface area contributed by atoms with E-state index in [1.807, 2.05) is 73.0 Å². The zero-order valence-corrected chi connectivity index (χ0v) is 19.1. The number of likely N-dealkylation sites (tertiary alicyclic amines) is 1. The predicted molar refractivity (Wildman–Crippen MR) is 118 cm³/mol. The molecule has 1 atom stereocenters. The number of carboxylic acids is 1. The molecule has 3 heterocycles. The Morgan fingerprint density at radius 1 is 1.18 bits per heavy atom. The summed E-state index contributed by atoms with van der Waals surface area (Å²) < 4.78 is 38.0. The number of aliphatic carboxylic acids is 1. The van der Waals surface area contributed by atoms with Crippen molar-refractivity contribution in [3.8, 4) is 0 Å². The third-order valence-corrected chi connectivity index (χ3v) is 6.95. The van der Waals surface area contributed by atoms with E-state index in [1.54, 1.807) is 0 Å². The molecule has 2 fully saturated rings. The first-order valence-electron chi connectivity index (χ1n) is 10.3. The number of rotatable bonds is 4. The summed E-state index contributed by atoms with van der Waals surface area (Å²) in [6, 6.07) is 13.9. The largest absolute Gasteiger partial charge is 0.490 e. The molecular weight excluding hydrogens is 457 g/mol. The van der Waals surface area contributed by atoms with Gasteiger partial charge in [0.15, 0.2) is 0 Å². The van der Waals surface area contributed by atoms with Gasteiger partial charge < -0.3 is 14.7 Å². The van der Waals surface area contributed by atoms with E-state index in [2.05, 4.69) is 4.98 Å². The van der Waals surface area contributed by atoms with Gasteiger partial charge in [0, 0.05) is 30.1 Å². The van der Waals surface area contributed by atoms with Crippen LogP contribution in [-0.4, -0.2) is 62.7 Å². The first kappa shape index (κ1) is 25.0. The van der Waals surface area contributed by atoms with Crippen LogP contribution in [0, 0.1) is 13.8 Å². The quantitative estimate of drug-likeness (QED) is 0.702. The minimum Gasteiger partial charge on any atom is -0.475 e. The van der Waals surface area contributed by atoms with E-state index in [1.165, 1.54) is 5.56 Å². The maximum atomic E-state index is 12.6. The maximum Gasteiger partial charge on any atom is 0.490 e. The molecule has 1 unspecified atom stereocenters. The number of alkyl halides is 3. The highest BCUT2D eigenvalue weighted by molar-refractivity contribution is 8.01. The van der Waals surface area contributed by atoms with Crippen LogP contribution in [0.5, 0.6) is 0 Å². The maximum absolute atomic E-state index is 12.6. The van der Waals surface area contributed by atoms with Gasteiger partial charge in [0.05, 0.1) is 23.2 Å². The number of ether oxygens (including phenoxy) is 1. The standard InChI is InChI=1S/C21H24N2O2S.C2HF3O2/c1-15-6-8-17(9-7-15)20(24)23-13-21(14-23)10-19(12-26-21)25-11-18-5-3-4-16(2)22-18;3-2(4,5)1(6)7/h3-9,19H,10-14H2,1-2H3;(H,6,7). The molecule has 0 radical (unpaired) electrons. The molecule has 0 bridgehead atoms. The van der Waals surface area contributed by atoms with Crippen molar-refractivity contribution in [2.75, 3.05) is 18.8 Å². The van der Waals surface area contributed by atoms with Crippen LogP contribution >= 0.6 is 11.8 Å². The van der Waals surface area contributed by atoms with E-state index in [-0.39, 0.29) is 16.8 Å². The number of carbonyl (C=O) groups excluding carboxylic acids is 1. The molecule has 1 aromatic carbocycles. The fraction of sp³-hybridized carbons (Fsp3) is 0.435. The second-order valence-electron chi connectivity index (χ2n) is 8.23. The average Bonchev–Trinajstić information content (AvgIpc) is 3.16. The highest BCUT2D eigenvalue weighted by Crippen LogP contribution is 2.46. The molecule has 6 nitrogen and oxygen atoms in total. The second kappa shape index (κ2) is 10.1. The van der Waals surface area contributed by atoms with Crippen molar-refractivity contribution >= 4 is 23.6 Å². The van der Waals surface area contributed by atoms with E-state index in [0.29, 0.717) is 6.61 Å². The number of aryl methyl sites for hydroxylation is 2. The van der Waals surface area contributed by atoms with Gasteiger partial charge in [-0.1, -0.05) is 23.8 Å².